The minimum atomic E-state index is -0.425. The summed E-state index contributed by atoms with van der Waals surface area (Å²) in [4.78, 5) is 28.9. The number of urea groups is 1. The number of aryl methyl sites for hydroxylation is 1. The summed E-state index contributed by atoms with van der Waals surface area (Å²) in [6, 6.07) is 6.34. The molecule has 3 amide bonds. The summed E-state index contributed by atoms with van der Waals surface area (Å²) in [5, 5.41) is 9.17. The van der Waals surface area contributed by atoms with Crippen molar-refractivity contribution in [2.75, 3.05) is 17.2 Å². The number of carbonyl (C=O) groups is 2. The predicted molar refractivity (Wildman–Crippen MR) is 103 cm³/mol. The normalized spacial score (nSPS) is 10.4. The lowest BCUT2D eigenvalue weighted by Gasteiger charge is -2.05. The predicted octanol–water partition coefficient (Wildman–Crippen LogP) is 4.67. The fourth-order valence-electron chi connectivity index (χ4n) is 2.11. The van der Waals surface area contributed by atoms with Gasteiger partial charge in [0, 0.05) is 17.3 Å². The molecule has 0 saturated carbocycles. The molecule has 0 aliphatic heterocycles. The van der Waals surface area contributed by atoms with Crippen LogP contribution in [0.1, 0.15) is 41.6 Å². The van der Waals surface area contributed by atoms with Crippen molar-refractivity contribution in [3.8, 4) is 0 Å². The van der Waals surface area contributed by atoms with Gasteiger partial charge in [-0.3, -0.25) is 10.1 Å². The van der Waals surface area contributed by atoms with E-state index in [1.807, 2.05) is 0 Å². The first-order valence-electron chi connectivity index (χ1n) is 8.08. The van der Waals surface area contributed by atoms with Crippen molar-refractivity contribution in [3.63, 3.8) is 0 Å². The number of hydrogen-bond donors (Lipinski definition) is 3. The van der Waals surface area contributed by atoms with Gasteiger partial charge in [-0.05, 0) is 37.6 Å². The number of aromatic nitrogens is 1. The van der Waals surface area contributed by atoms with Crippen molar-refractivity contribution in [2.24, 2.45) is 0 Å². The summed E-state index contributed by atoms with van der Waals surface area (Å²) in [7, 11) is 0. The summed E-state index contributed by atoms with van der Waals surface area (Å²) in [6.45, 7) is 4.51. The van der Waals surface area contributed by atoms with Crippen molar-refractivity contribution in [1.82, 2.24) is 10.3 Å². The maximum Gasteiger partial charge on any atom is 0.325 e. The third-order valence-corrected chi connectivity index (χ3v) is 4.71. The van der Waals surface area contributed by atoms with Gasteiger partial charge in [0.25, 0.3) is 5.91 Å². The van der Waals surface area contributed by atoms with Gasteiger partial charge in [-0.2, -0.15) is 0 Å². The number of thiazole rings is 1. The van der Waals surface area contributed by atoms with Gasteiger partial charge in [0.1, 0.15) is 4.88 Å². The van der Waals surface area contributed by atoms with Gasteiger partial charge >= 0.3 is 6.03 Å². The Labute approximate surface area is 156 Å². The topological polar surface area (TPSA) is 83.1 Å². The Morgan fingerprint density at radius 1 is 1.16 bits per heavy atom. The molecule has 1 aromatic heterocycles. The van der Waals surface area contributed by atoms with Crippen LogP contribution in [-0.2, 0) is 0 Å². The molecule has 0 unspecified atom stereocenters. The highest BCUT2D eigenvalue weighted by atomic mass is 35.5. The highest BCUT2D eigenvalue weighted by molar-refractivity contribution is 7.17. The number of benzene rings is 1. The zero-order valence-corrected chi connectivity index (χ0v) is 15.8. The molecule has 0 aliphatic carbocycles. The molecule has 1 aromatic carbocycles. The highest BCUT2D eigenvalue weighted by Gasteiger charge is 2.16. The average molecular weight is 381 g/mol. The third kappa shape index (κ3) is 6.03. The van der Waals surface area contributed by atoms with Crippen molar-refractivity contribution in [1.29, 1.82) is 0 Å². The van der Waals surface area contributed by atoms with Gasteiger partial charge in [-0.25, -0.2) is 9.78 Å². The Kier molecular flexibility index (Phi) is 7.21. The number of nitrogens with one attached hydrogen (secondary N) is 3. The molecule has 25 heavy (non-hydrogen) atoms. The van der Waals surface area contributed by atoms with Gasteiger partial charge in [-0.15, -0.1) is 0 Å². The van der Waals surface area contributed by atoms with Gasteiger partial charge in [0.2, 0.25) is 0 Å². The van der Waals surface area contributed by atoms with Crippen molar-refractivity contribution < 1.29 is 9.59 Å². The fraction of sp³-hybridized carbons (Fsp3) is 0.353. The van der Waals surface area contributed by atoms with Crippen LogP contribution in [0.15, 0.2) is 24.3 Å². The molecular formula is C17H21ClN4O2S. The van der Waals surface area contributed by atoms with Crippen LogP contribution < -0.4 is 16.0 Å². The number of amides is 3. The molecule has 0 bridgehead atoms. The van der Waals surface area contributed by atoms with Crippen LogP contribution in [0.2, 0.25) is 5.02 Å². The van der Waals surface area contributed by atoms with Crippen LogP contribution in [-0.4, -0.2) is 23.5 Å². The lowest BCUT2D eigenvalue weighted by atomic mass is 10.2. The second-order valence-corrected chi connectivity index (χ2v) is 6.92. The molecule has 134 valence electrons. The van der Waals surface area contributed by atoms with Gasteiger partial charge in [0.05, 0.1) is 5.69 Å². The summed E-state index contributed by atoms with van der Waals surface area (Å²) in [5.41, 5.74) is 1.21. The van der Waals surface area contributed by atoms with Gasteiger partial charge < -0.3 is 10.6 Å². The van der Waals surface area contributed by atoms with E-state index >= 15 is 0 Å². The van der Waals surface area contributed by atoms with Crippen LogP contribution in [0.5, 0.6) is 0 Å². The first-order chi connectivity index (χ1) is 12.0. The Morgan fingerprint density at radius 2 is 1.88 bits per heavy atom. The molecule has 0 fully saturated rings. The third-order valence-electron chi connectivity index (χ3n) is 3.39. The summed E-state index contributed by atoms with van der Waals surface area (Å²) >= 11 is 6.96. The summed E-state index contributed by atoms with van der Waals surface area (Å²) in [6.07, 6.45) is 3.14. The smallest absolute Gasteiger partial charge is 0.325 e. The molecule has 3 N–H and O–H groups in total. The lowest BCUT2D eigenvalue weighted by Crippen LogP contribution is -2.24. The van der Waals surface area contributed by atoms with E-state index < -0.39 is 6.03 Å². The van der Waals surface area contributed by atoms with Gasteiger partial charge in [-0.1, -0.05) is 42.7 Å². The zero-order chi connectivity index (χ0) is 18.2. The number of nitrogens with zero attached hydrogens (tertiary/aromatic N) is 1. The maximum atomic E-state index is 12.2. The second kappa shape index (κ2) is 9.39. The first kappa shape index (κ1) is 19.2. The number of halogens is 1. The molecule has 6 nitrogen and oxygen atoms in total. The van der Waals surface area contributed by atoms with Gasteiger partial charge in [0.15, 0.2) is 5.13 Å². The molecule has 0 saturated heterocycles. The minimum absolute atomic E-state index is 0.155. The highest BCUT2D eigenvalue weighted by Crippen LogP contribution is 2.23. The maximum absolute atomic E-state index is 12.2. The molecule has 0 atom stereocenters. The standard InChI is InChI=1S/C17H21ClN4O2S/c1-3-4-5-10-19-15(23)14-11(2)20-17(25-14)22-16(24)21-13-8-6-12(18)7-9-13/h6-9H,3-5,10H2,1-2H3,(H,19,23)(H2,20,21,22,24). The van der Waals surface area contributed by atoms with E-state index in [0.717, 1.165) is 30.6 Å². The molecule has 2 aromatic rings. The first-order valence-corrected chi connectivity index (χ1v) is 9.28. The van der Waals surface area contributed by atoms with E-state index in [1.54, 1.807) is 31.2 Å². The Hall–Kier alpha value is -2.12. The summed E-state index contributed by atoms with van der Waals surface area (Å²) < 4.78 is 0. The molecule has 2 rings (SSSR count). The zero-order valence-electron chi connectivity index (χ0n) is 14.2. The van der Waals surface area contributed by atoms with Crippen LogP contribution in [0.25, 0.3) is 0 Å². The van der Waals surface area contributed by atoms with E-state index in [9.17, 15) is 9.59 Å². The molecule has 8 heteroatoms. The average Bonchev–Trinajstić information content (AvgIpc) is 2.94. The van der Waals surface area contributed by atoms with E-state index in [1.165, 1.54) is 0 Å². The number of unbranched alkanes of at least 4 members (excludes halogenated alkanes) is 2. The summed E-state index contributed by atoms with van der Waals surface area (Å²) in [5.74, 6) is -0.155. The van der Waals surface area contributed by atoms with Crippen LogP contribution in [0.3, 0.4) is 0 Å². The van der Waals surface area contributed by atoms with Crippen molar-refractivity contribution in [2.45, 2.75) is 33.1 Å². The fourth-order valence-corrected chi connectivity index (χ4v) is 3.11. The SMILES string of the molecule is CCCCCNC(=O)c1sc(NC(=O)Nc2ccc(Cl)cc2)nc1C. The quantitative estimate of drug-likeness (QED) is 0.610. The van der Waals surface area contributed by atoms with E-state index in [-0.39, 0.29) is 5.91 Å². The van der Waals surface area contributed by atoms with E-state index in [0.29, 0.717) is 33.0 Å². The monoisotopic (exact) mass is 380 g/mol. The molecular weight excluding hydrogens is 360 g/mol. The number of rotatable bonds is 7. The second-order valence-electron chi connectivity index (χ2n) is 5.48. The van der Waals surface area contributed by atoms with E-state index in [4.69, 9.17) is 11.6 Å². The molecule has 0 radical (unpaired) electrons. The lowest BCUT2D eigenvalue weighted by molar-refractivity contribution is 0.0956. The molecule has 0 spiro atoms. The molecule has 0 aliphatic rings. The number of anilines is 2. The Morgan fingerprint density at radius 3 is 2.56 bits per heavy atom. The Balaban J connectivity index is 1.91. The van der Waals surface area contributed by atoms with Crippen molar-refractivity contribution in [3.05, 3.63) is 39.9 Å². The van der Waals surface area contributed by atoms with Crippen LogP contribution in [0.4, 0.5) is 15.6 Å². The van der Waals surface area contributed by atoms with E-state index in [2.05, 4.69) is 27.9 Å². The van der Waals surface area contributed by atoms with Crippen molar-refractivity contribution >= 4 is 45.7 Å². The van der Waals surface area contributed by atoms with Crippen LogP contribution in [0, 0.1) is 6.92 Å². The minimum Gasteiger partial charge on any atom is -0.351 e. The molecule has 1 heterocycles. The number of hydrogen-bond acceptors (Lipinski definition) is 4. The largest absolute Gasteiger partial charge is 0.351 e. The number of carbonyl (C=O) groups excluding carboxylic acids is 2. The Bertz CT molecular complexity index is 731. The van der Waals surface area contributed by atoms with Crippen LogP contribution >= 0.6 is 22.9 Å².